The van der Waals surface area contributed by atoms with Gasteiger partial charge in [-0.25, -0.2) is 9.37 Å². The fourth-order valence-electron chi connectivity index (χ4n) is 3.63. The molecule has 0 bridgehead atoms. The molecule has 9 heteroatoms. The van der Waals surface area contributed by atoms with Crippen LogP contribution in [0.1, 0.15) is 29.3 Å². The van der Waals surface area contributed by atoms with Gasteiger partial charge in [-0.15, -0.1) is 0 Å². The van der Waals surface area contributed by atoms with E-state index in [1.165, 1.54) is 28.5 Å². The fraction of sp³-hybridized carbons (Fsp3) is 0.280. The summed E-state index contributed by atoms with van der Waals surface area (Å²) >= 11 is 1.20. The molecule has 0 aliphatic heterocycles. The smallest absolute Gasteiger partial charge is 0.280 e. The Kier molecular flexibility index (Phi) is 7.12. The number of halogens is 1. The first-order valence-corrected chi connectivity index (χ1v) is 12.0. The monoisotopic (exact) mass is 479 g/mol. The number of amides is 1. The van der Waals surface area contributed by atoms with E-state index in [1.54, 1.807) is 16.8 Å². The summed E-state index contributed by atoms with van der Waals surface area (Å²) in [4.78, 5) is 30.7. The van der Waals surface area contributed by atoms with Crippen molar-refractivity contribution in [3.63, 3.8) is 0 Å². The maximum atomic E-state index is 13.5. The van der Waals surface area contributed by atoms with Crippen LogP contribution >= 0.6 is 11.8 Å². The molecule has 0 radical (unpaired) electrons. The summed E-state index contributed by atoms with van der Waals surface area (Å²) < 4.78 is 16.5. The molecule has 7 nitrogen and oxygen atoms in total. The maximum Gasteiger partial charge on any atom is 0.280 e. The van der Waals surface area contributed by atoms with Crippen LogP contribution in [-0.2, 0) is 24.4 Å². The maximum absolute atomic E-state index is 13.5. The Balaban J connectivity index is 1.59. The average Bonchev–Trinajstić information content (AvgIpc) is 3.16. The van der Waals surface area contributed by atoms with Gasteiger partial charge in [-0.3, -0.25) is 18.8 Å². The number of aromatic nitrogens is 4. The molecule has 0 unspecified atom stereocenters. The average molecular weight is 480 g/mol. The highest BCUT2D eigenvalue weighted by atomic mass is 32.2. The lowest BCUT2D eigenvalue weighted by atomic mass is 10.1. The number of aryl methyl sites for hydroxylation is 3. The van der Waals surface area contributed by atoms with E-state index in [2.05, 4.69) is 10.4 Å². The first-order chi connectivity index (χ1) is 16.4. The van der Waals surface area contributed by atoms with Crippen molar-refractivity contribution < 1.29 is 9.18 Å². The molecule has 2 aromatic heterocycles. The van der Waals surface area contributed by atoms with Gasteiger partial charge in [0.15, 0.2) is 10.7 Å². The van der Waals surface area contributed by atoms with Gasteiger partial charge in [0.05, 0.1) is 18.0 Å². The Morgan fingerprint density at radius 2 is 1.74 bits per heavy atom. The first kappa shape index (κ1) is 23.7. The number of hydrogen-bond donors (Lipinski definition) is 1. The van der Waals surface area contributed by atoms with E-state index in [4.69, 9.17) is 4.98 Å². The van der Waals surface area contributed by atoms with Crippen LogP contribution in [0.15, 0.2) is 58.5 Å². The number of hydrogen-bond acceptors (Lipinski definition) is 5. The zero-order valence-corrected chi connectivity index (χ0v) is 20.2. The molecule has 0 aliphatic rings. The van der Waals surface area contributed by atoms with Crippen LogP contribution in [0.25, 0.3) is 11.0 Å². The van der Waals surface area contributed by atoms with Crippen LogP contribution in [0.5, 0.6) is 0 Å². The minimum atomic E-state index is -0.343. The molecule has 0 saturated carbocycles. The molecule has 4 rings (SSSR count). The van der Waals surface area contributed by atoms with Gasteiger partial charge in [0.2, 0.25) is 5.91 Å². The van der Waals surface area contributed by atoms with Gasteiger partial charge in [0.25, 0.3) is 5.56 Å². The Morgan fingerprint density at radius 3 is 2.41 bits per heavy atom. The van der Waals surface area contributed by atoms with Crippen molar-refractivity contribution in [1.82, 2.24) is 24.6 Å². The van der Waals surface area contributed by atoms with Gasteiger partial charge < -0.3 is 5.32 Å². The Labute approximate surface area is 201 Å². The van der Waals surface area contributed by atoms with Crippen molar-refractivity contribution in [2.75, 3.05) is 5.75 Å². The number of nitrogens with one attached hydrogen (secondary N) is 1. The quantitative estimate of drug-likeness (QED) is 0.307. The Hall–Kier alpha value is -3.46. The number of carbonyl (C=O) groups excluding carboxylic acids is 1. The number of rotatable bonds is 8. The fourth-order valence-corrected chi connectivity index (χ4v) is 4.45. The molecule has 0 fully saturated rings. The number of fused-ring (bicyclic) bond motifs is 1. The summed E-state index contributed by atoms with van der Waals surface area (Å²) in [5.41, 5.74) is 4.31. The van der Waals surface area contributed by atoms with E-state index in [0.29, 0.717) is 35.0 Å². The van der Waals surface area contributed by atoms with E-state index in [1.807, 2.05) is 45.0 Å². The van der Waals surface area contributed by atoms with Crippen LogP contribution in [-0.4, -0.2) is 31.0 Å². The Bertz CT molecular complexity index is 1380. The van der Waals surface area contributed by atoms with Gasteiger partial charge in [0.1, 0.15) is 11.3 Å². The van der Waals surface area contributed by atoms with E-state index in [-0.39, 0.29) is 29.6 Å². The van der Waals surface area contributed by atoms with E-state index in [0.717, 1.165) is 16.7 Å². The molecule has 2 heterocycles. The van der Waals surface area contributed by atoms with Crippen molar-refractivity contribution in [2.24, 2.45) is 0 Å². The zero-order valence-electron chi connectivity index (χ0n) is 19.3. The topological polar surface area (TPSA) is 81.8 Å². The molecule has 0 atom stereocenters. The van der Waals surface area contributed by atoms with E-state index < -0.39 is 0 Å². The lowest BCUT2D eigenvalue weighted by Gasteiger charge is -2.13. The number of carbonyl (C=O) groups is 1. The van der Waals surface area contributed by atoms with Crippen LogP contribution in [0.4, 0.5) is 4.39 Å². The van der Waals surface area contributed by atoms with Gasteiger partial charge in [0, 0.05) is 13.1 Å². The normalized spacial score (nSPS) is 11.2. The molecule has 0 aliphatic carbocycles. The molecule has 34 heavy (non-hydrogen) atoms. The number of benzene rings is 2. The summed E-state index contributed by atoms with van der Waals surface area (Å²) in [6, 6.07) is 14.0. The molecular weight excluding hydrogens is 453 g/mol. The summed E-state index contributed by atoms with van der Waals surface area (Å²) in [5, 5.41) is 7.77. The van der Waals surface area contributed by atoms with Crippen LogP contribution < -0.4 is 10.9 Å². The minimum Gasteiger partial charge on any atom is -0.351 e. The first-order valence-electron chi connectivity index (χ1n) is 11.0. The van der Waals surface area contributed by atoms with Crippen molar-refractivity contribution in [3.05, 3.63) is 87.1 Å². The number of thioether (sulfide) groups is 1. The Morgan fingerprint density at radius 1 is 1.06 bits per heavy atom. The second-order valence-electron chi connectivity index (χ2n) is 8.06. The largest absolute Gasteiger partial charge is 0.351 e. The SMILES string of the molecule is CCn1nc(C)c2nc(SCC(=O)NCc3ccc(C)cc3)n(Cc3ccc(F)cc3)c(=O)c21. The lowest BCUT2D eigenvalue weighted by molar-refractivity contribution is -0.118. The highest BCUT2D eigenvalue weighted by Gasteiger charge is 2.19. The minimum absolute atomic E-state index is 0.105. The molecular formula is C25H26FN5O2S. The molecule has 1 N–H and O–H groups in total. The molecule has 2 aromatic carbocycles. The van der Waals surface area contributed by atoms with E-state index >= 15 is 0 Å². The van der Waals surface area contributed by atoms with Gasteiger partial charge in [-0.05, 0) is 44.0 Å². The molecule has 176 valence electrons. The van der Waals surface area contributed by atoms with Crippen molar-refractivity contribution in [2.45, 2.75) is 45.6 Å². The summed E-state index contributed by atoms with van der Waals surface area (Å²) in [5.74, 6) is -0.396. The van der Waals surface area contributed by atoms with Crippen LogP contribution in [0.2, 0.25) is 0 Å². The predicted octanol–water partition coefficient (Wildman–Crippen LogP) is 3.83. The molecule has 0 saturated heterocycles. The third kappa shape index (κ3) is 5.20. The summed E-state index contributed by atoms with van der Waals surface area (Å²) in [6.07, 6.45) is 0. The standard InChI is InChI=1S/C25H26FN5O2S/c1-4-31-23-22(17(3)29-31)28-25(30(24(23)33)14-19-9-11-20(26)12-10-19)34-15-21(32)27-13-18-7-5-16(2)6-8-18/h5-12H,4,13-15H2,1-3H3,(H,27,32). The molecule has 4 aromatic rings. The lowest BCUT2D eigenvalue weighted by Crippen LogP contribution is -2.28. The summed E-state index contributed by atoms with van der Waals surface area (Å²) in [6.45, 7) is 6.91. The van der Waals surface area contributed by atoms with Crippen molar-refractivity contribution in [1.29, 1.82) is 0 Å². The second-order valence-corrected chi connectivity index (χ2v) is 9.00. The van der Waals surface area contributed by atoms with Crippen LogP contribution in [0, 0.1) is 19.7 Å². The predicted molar refractivity (Wildman–Crippen MR) is 131 cm³/mol. The zero-order chi connectivity index (χ0) is 24.2. The second kappa shape index (κ2) is 10.2. The van der Waals surface area contributed by atoms with Crippen molar-refractivity contribution >= 4 is 28.7 Å². The van der Waals surface area contributed by atoms with Gasteiger partial charge in [-0.1, -0.05) is 53.7 Å². The highest BCUT2D eigenvalue weighted by molar-refractivity contribution is 7.99. The van der Waals surface area contributed by atoms with Crippen molar-refractivity contribution in [3.8, 4) is 0 Å². The van der Waals surface area contributed by atoms with Gasteiger partial charge in [-0.2, -0.15) is 5.10 Å². The third-order valence-corrected chi connectivity index (χ3v) is 6.45. The summed E-state index contributed by atoms with van der Waals surface area (Å²) in [7, 11) is 0. The number of nitrogens with zero attached hydrogens (tertiary/aromatic N) is 4. The highest BCUT2D eigenvalue weighted by Crippen LogP contribution is 2.21. The molecule has 0 spiro atoms. The van der Waals surface area contributed by atoms with E-state index in [9.17, 15) is 14.0 Å². The third-order valence-electron chi connectivity index (χ3n) is 5.48. The molecule has 1 amide bonds. The van der Waals surface area contributed by atoms with Gasteiger partial charge >= 0.3 is 0 Å². The van der Waals surface area contributed by atoms with Crippen LogP contribution in [0.3, 0.4) is 0 Å².